The van der Waals surface area contributed by atoms with Crippen LogP contribution in [0.3, 0.4) is 0 Å². The van der Waals surface area contributed by atoms with E-state index in [-0.39, 0.29) is 23.8 Å². The van der Waals surface area contributed by atoms with Crippen molar-refractivity contribution in [3.8, 4) is 16.9 Å². The molecule has 1 aliphatic rings. The number of thiazole rings is 1. The van der Waals surface area contributed by atoms with E-state index in [4.69, 9.17) is 4.74 Å². The third kappa shape index (κ3) is 4.68. The van der Waals surface area contributed by atoms with Crippen molar-refractivity contribution in [1.82, 2.24) is 15.3 Å². The van der Waals surface area contributed by atoms with Crippen LogP contribution in [0.5, 0.6) is 5.75 Å². The first kappa shape index (κ1) is 23.2. The van der Waals surface area contributed by atoms with Gasteiger partial charge in [-0.05, 0) is 72.9 Å². The van der Waals surface area contributed by atoms with Gasteiger partial charge in [0.2, 0.25) is 5.91 Å². The Hall–Kier alpha value is -4.17. The van der Waals surface area contributed by atoms with Gasteiger partial charge in [-0.25, -0.2) is 4.98 Å². The van der Waals surface area contributed by atoms with E-state index in [9.17, 15) is 9.59 Å². The van der Waals surface area contributed by atoms with Gasteiger partial charge in [-0.2, -0.15) is 0 Å². The summed E-state index contributed by atoms with van der Waals surface area (Å²) in [6, 6.07) is 19.7. The fourth-order valence-corrected chi connectivity index (χ4v) is 5.38. The van der Waals surface area contributed by atoms with Gasteiger partial charge >= 0.3 is 0 Å². The summed E-state index contributed by atoms with van der Waals surface area (Å²) in [5, 5.41) is 7.53. The molecule has 0 aliphatic heterocycles. The summed E-state index contributed by atoms with van der Waals surface area (Å²) in [6.07, 6.45) is 3.67. The number of nitrogens with zero attached hydrogens (tertiary/aromatic N) is 1. The van der Waals surface area contributed by atoms with E-state index in [0.29, 0.717) is 10.7 Å². The smallest absolute Gasteiger partial charge is 0.253 e. The lowest BCUT2D eigenvalue weighted by Crippen LogP contribution is -2.26. The van der Waals surface area contributed by atoms with Crippen LogP contribution in [0, 0.1) is 5.92 Å². The molecule has 1 saturated carbocycles. The number of H-pyrrole nitrogens is 1. The van der Waals surface area contributed by atoms with Gasteiger partial charge in [-0.3, -0.25) is 9.59 Å². The largest absolute Gasteiger partial charge is 0.497 e. The number of benzene rings is 3. The van der Waals surface area contributed by atoms with E-state index < -0.39 is 0 Å². The molecule has 1 aliphatic carbocycles. The minimum Gasteiger partial charge on any atom is -0.497 e. The molecule has 0 saturated heterocycles. The second-order valence-corrected chi connectivity index (χ2v) is 10.4. The molecule has 2 amide bonds. The normalized spacial score (nSPS) is 14.0. The third-order valence-electron chi connectivity index (χ3n) is 6.77. The number of aromatic nitrogens is 2. The summed E-state index contributed by atoms with van der Waals surface area (Å²) in [5.74, 6) is 0.808. The van der Waals surface area contributed by atoms with E-state index in [1.165, 1.54) is 11.3 Å². The molecule has 8 heteroatoms. The fourth-order valence-electron chi connectivity index (χ4n) is 4.47. The molecule has 6 rings (SSSR count). The fraction of sp³-hybridized carbons (Fsp3) is 0.207. The van der Waals surface area contributed by atoms with Crippen LogP contribution >= 0.6 is 11.3 Å². The molecule has 0 bridgehead atoms. The molecule has 1 fully saturated rings. The summed E-state index contributed by atoms with van der Waals surface area (Å²) in [6.45, 7) is 1.96. The maximum absolute atomic E-state index is 13.2. The average molecular weight is 511 g/mol. The molecule has 5 aromatic rings. The molecular weight excluding hydrogens is 484 g/mol. The molecule has 0 spiro atoms. The maximum Gasteiger partial charge on any atom is 0.253 e. The number of rotatable bonds is 7. The number of anilines is 1. The van der Waals surface area contributed by atoms with E-state index >= 15 is 0 Å². The second kappa shape index (κ2) is 9.37. The molecule has 1 atom stereocenters. The molecule has 3 aromatic carbocycles. The van der Waals surface area contributed by atoms with Gasteiger partial charge in [-0.15, -0.1) is 0 Å². The summed E-state index contributed by atoms with van der Waals surface area (Å²) < 4.78 is 6.32. The van der Waals surface area contributed by atoms with Gasteiger partial charge in [0, 0.05) is 23.0 Å². The highest BCUT2D eigenvalue weighted by Crippen LogP contribution is 2.34. The number of nitrogens with one attached hydrogen (secondary N) is 3. The number of hydrogen-bond acceptors (Lipinski definition) is 5. The monoisotopic (exact) mass is 510 g/mol. The van der Waals surface area contributed by atoms with Gasteiger partial charge in [0.15, 0.2) is 5.13 Å². The van der Waals surface area contributed by atoms with Crippen molar-refractivity contribution in [1.29, 1.82) is 0 Å². The zero-order valence-corrected chi connectivity index (χ0v) is 21.3. The maximum atomic E-state index is 13.2. The van der Waals surface area contributed by atoms with Gasteiger partial charge in [0.25, 0.3) is 5.91 Å². The van der Waals surface area contributed by atoms with Gasteiger partial charge < -0.3 is 20.4 Å². The lowest BCUT2D eigenvalue weighted by Gasteiger charge is -2.15. The van der Waals surface area contributed by atoms with Gasteiger partial charge in [0.05, 0.1) is 28.9 Å². The van der Waals surface area contributed by atoms with Crippen LogP contribution in [-0.4, -0.2) is 28.9 Å². The number of ether oxygens (including phenoxy) is 1. The van der Waals surface area contributed by atoms with Crippen LogP contribution in [0.2, 0.25) is 0 Å². The predicted molar refractivity (Wildman–Crippen MR) is 147 cm³/mol. The minimum absolute atomic E-state index is 0.0590. The Kier molecular flexibility index (Phi) is 5.88. The number of carbonyl (C=O) groups excluding carboxylic acids is 2. The van der Waals surface area contributed by atoms with Crippen molar-refractivity contribution in [2.75, 3.05) is 12.4 Å². The minimum atomic E-state index is -0.181. The summed E-state index contributed by atoms with van der Waals surface area (Å²) in [5.41, 5.74) is 5.34. The first-order chi connectivity index (χ1) is 18.0. The first-order valence-electron chi connectivity index (χ1n) is 12.3. The van der Waals surface area contributed by atoms with Crippen LogP contribution in [0.15, 0.2) is 66.9 Å². The Balaban J connectivity index is 1.25. The number of methoxy groups -OCH3 is 1. The van der Waals surface area contributed by atoms with Crippen LogP contribution in [-0.2, 0) is 4.79 Å². The average Bonchev–Trinajstić information content (AvgIpc) is 3.56. The quantitative estimate of drug-likeness (QED) is 0.240. The van der Waals surface area contributed by atoms with Crippen LogP contribution < -0.4 is 15.4 Å². The molecule has 2 aromatic heterocycles. The Morgan fingerprint density at radius 2 is 1.89 bits per heavy atom. The van der Waals surface area contributed by atoms with E-state index in [2.05, 4.69) is 26.7 Å². The Bertz CT molecular complexity index is 1650. The molecule has 0 radical (unpaired) electrons. The molecule has 3 N–H and O–H groups in total. The van der Waals surface area contributed by atoms with Crippen molar-refractivity contribution in [3.63, 3.8) is 0 Å². The van der Waals surface area contributed by atoms with E-state index in [1.807, 2.05) is 61.5 Å². The zero-order chi connectivity index (χ0) is 25.5. The Morgan fingerprint density at radius 3 is 2.70 bits per heavy atom. The van der Waals surface area contributed by atoms with Crippen LogP contribution in [0.4, 0.5) is 5.13 Å². The number of amides is 2. The molecule has 2 heterocycles. The highest BCUT2D eigenvalue weighted by molar-refractivity contribution is 7.22. The Labute approximate surface area is 217 Å². The summed E-state index contributed by atoms with van der Waals surface area (Å²) in [7, 11) is 1.63. The van der Waals surface area contributed by atoms with Crippen molar-refractivity contribution in [2.45, 2.75) is 25.8 Å². The lowest BCUT2D eigenvalue weighted by molar-refractivity contribution is -0.117. The van der Waals surface area contributed by atoms with Crippen molar-refractivity contribution in [3.05, 3.63) is 78.0 Å². The highest BCUT2D eigenvalue weighted by atomic mass is 32.1. The highest BCUT2D eigenvalue weighted by Gasteiger charge is 2.30. The van der Waals surface area contributed by atoms with Crippen LogP contribution in [0.1, 0.15) is 41.7 Å². The van der Waals surface area contributed by atoms with Crippen LogP contribution in [0.25, 0.3) is 32.2 Å². The molecule has 7 nitrogen and oxygen atoms in total. The molecule has 37 heavy (non-hydrogen) atoms. The predicted octanol–water partition coefficient (Wildman–Crippen LogP) is 6.29. The number of carbonyl (C=O) groups is 2. The number of hydrogen-bond donors (Lipinski definition) is 3. The topological polar surface area (TPSA) is 96.1 Å². The van der Waals surface area contributed by atoms with E-state index in [0.717, 1.165) is 56.4 Å². The van der Waals surface area contributed by atoms with Gasteiger partial charge in [0.1, 0.15) is 5.75 Å². The third-order valence-corrected chi connectivity index (χ3v) is 7.70. The zero-order valence-electron chi connectivity index (χ0n) is 20.5. The molecule has 186 valence electrons. The molecule has 0 unspecified atom stereocenters. The first-order valence-corrected chi connectivity index (χ1v) is 13.1. The molecular formula is C29H26N4O3S. The second-order valence-electron chi connectivity index (χ2n) is 9.40. The van der Waals surface area contributed by atoms with Crippen molar-refractivity contribution < 1.29 is 14.3 Å². The van der Waals surface area contributed by atoms with E-state index in [1.54, 1.807) is 13.3 Å². The Morgan fingerprint density at radius 1 is 1.08 bits per heavy atom. The number of aromatic amines is 1. The van der Waals surface area contributed by atoms with Crippen molar-refractivity contribution in [2.24, 2.45) is 5.92 Å². The summed E-state index contributed by atoms with van der Waals surface area (Å²) in [4.78, 5) is 33.1. The lowest BCUT2D eigenvalue weighted by atomic mass is 10.0. The summed E-state index contributed by atoms with van der Waals surface area (Å²) >= 11 is 1.48. The SMILES string of the molecule is COc1cccc([C@@H](C)NC(=O)c2c[nH]c3ccc(-c4ccc5nc(NC(=O)C6CC6)sc5c4)cc23)c1. The van der Waals surface area contributed by atoms with Crippen molar-refractivity contribution >= 4 is 49.4 Å². The van der Waals surface area contributed by atoms with Gasteiger partial charge in [-0.1, -0.05) is 35.6 Å². The standard InChI is InChI=1S/C29H26N4O3S/c1-16(18-4-3-5-21(12-18)36-2)31-28(35)23-15-30-24-10-8-19(13-22(23)24)20-9-11-25-26(14-20)37-29(32-25)33-27(34)17-6-7-17/h3-5,8-17,30H,6-7H2,1-2H3,(H,31,35)(H,32,33,34)/t16-/m1/s1. The number of fused-ring (bicyclic) bond motifs is 2.